The zero-order valence-electron chi connectivity index (χ0n) is 11.8. The van der Waals surface area contributed by atoms with Crippen molar-refractivity contribution < 1.29 is 9.53 Å². The van der Waals surface area contributed by atoms with Crippen molar-refractivity contribution in [1.29, 1.82) is 0 Å². The lowest BCUT2D eigenvalue weighted by Gasteiger charge is -2.26. The summed E-state index contributed by atoms with van der Waals surface area (Å²) in [4.78, 5) is 11.6. The first-order valence-corrected chi connectivity index (χ1v) is 6.72. The normalized spacial score (nSPS) is 18.5. The number of hydrogen-bond donors (Lipinski definition) is 2. The van der Waals surface area contributed by atoms with E-state index >= 15 is 0 Å². The third-order valence-corrected chi connectivity index (χ3v) is 3.48. The number of carbonyl (C=O) groups is 1. The second kappa shape index (κ2) is 5.21. The van der Waals surface area contributed by atoms with Gasteiger partial charge in [-0.15, -0.1) is 0 Å². The van der Waals surface area contributed by atoms with E-state index in [-0.39, 0.29) is 11.3 Å². The van der Waals surface area contributed by atoms with Crippen molar-refractivity contribution in [2.75, 3.05) is 11.9 Å². The summed E-state index contributed by atoms with van der Waals surface area (Å²) in [7, 11) is 0. The Hall–Kier alpha value is -1.55. The summed E-state index contributed by atoms with van der Waals surface area (Å²) >= 11 is 0. The predicted molar refractivity (Wildman–Crippen MR) is 76.3 cm³/mol. The van der Waals surface area contributed by atoms with Crippen LogP contribution in [-0.4, -0.2) is 18.6 Å². The Morgan fingerprint density at radius 1 is 1.42 bits per heavy atom. The summed E-state index contributed by atoms with van der Waals surface area (Å²) in [5.74, 6) is 0.651. The minimum Gasteiger partial charge on any atom is -0.479 e. The van der Waals surface area contributed by atoms with Crippen LogP contribution in [0.3, 0.4) is 0 Å². The van der Waals surface area contributed by atoms with Crippen LogP contribution >= 0.6 is 0 Å². The van der Waals surface area contributed by atoms with E-state index in [1.165, 1.54) is 5.56 Å². The van der Waals surface area contributed by atoms with Gasteiger partial charge in [0.05, 0.1) is 5.69 Å². The molecule has 0 spiro atoms. The quantitative estimate of drug-likeness (QED) is 0.875. The maximum Gasteiger partial charge on any atom is 0.265 e. The number of hydrogen-bond acceptors (Lipinski definition) is 3. The number of carbonyl (C=O) groups excluding carboxylic acids is 1. The average molecular weight is 262 g/mol. The molecule has 0 aliphatic carbocycles. The van der Waals surface area contributed by atoms with E-state index in [0.717, 1.165) is 24.3 Å². The Kier molecular flexibility index (Phi) is 3.80. The van der Waals surface area contributed by atoms with Crippen LogP contribution in [0.5, 0.6) is 5.75 Å². The highest BCUT2D eigenvalue weighted by Gasteiger charge is 2.24. The van der Waals surface area contributed by atoms with Gasteiger partial charge < -0.3 is 15.8 Å². The number of anilines is 1. The highest BCUT2D eigenvalue weighted by molar-refractivity contribution is 5.97. The summed E-state index contributed by atoms with van der Waals surface area (Å²) in [6, 6.07) is 5.98. The van der Waals surface area contributed by atoms with Crippen LogP contribution in [0.1, 0.15) is 32.8 Å². The van der Waals surface area contributed by atoms with E-state index in [0.29, 0.717) is 6.54 Å². The highest BCUT2D eigenvalue weighted by Crippen LogP contribution is 2.33. The van der Waals surface area contributed by atoms with E-state index in [9.17, 15) is 4.79 Å². The zero-order valence-corrected chi connectivity index (χ0v) is 11.8. The lowest BCUT2D eigenvalue weighted by Crippen LogP contribution is -2.34. The number of nitrogens with one attached hydrogen (secondary N) is 1. The molecule has 1 aromatic carbocycles. The van der Waals surface area contributed by atoms with Crippen molar-refractivity contribution in [3.8, 4) is 5.75 Å². The van der Waals surface area contributed by atoms with Crippen LogP contribution in [0.2, 0.25) is 0 Å². The molecule has 1 unspecified atom stereocenters. The second-order valence-electron chi connectivity index (χ2n) is 5.96. The van der Waals surface area contributed by atoms with Gasteiger partial charge in [-0.05, 0) is 49.4 Å². The molecule has 2 rings (SSSR count). The smallest absolute Gasteiger partial charge is 0.265 e. The summed E-state index contributed by atoms with van der Waals surface area (Å²) < 4.78 is 5.54. The van der Waals surface area contributed by atoms with Gasteiger partial charge in [-0.1, -0.05) is 19.9 Å². The fourth-order valence-electron chi connectivity index (χ4n) is 2.40. The molecule has 0 radical (unpaired) electrons. The fraction of sp³-hybridized carbons (Fsp3) is 0.533. The molecule has 0 fully saturated rings. The molecule has 1 heterocycles. The number of rotatable bonds is 4. The van der Waals surface area contributed by atoms with E-state index < -0.39 is 6.10 Å². The molecule has 3 N–H and O–H groups in total. The van der Waals surface area contributed by atoms with Crippen molar-refractivity contribution >= 4 is 11.6 Å². The monoisotopic (exact) mass is 262 g/mol. The van der Waals surface area contributed by atoms with Crippen LogP contribution < -0.4 is 15.8 Å². The lowest BCUT2D eigenvalue weighted by molar-refractivity contribution is -0.122. The predicted octanol–water partition coefficient (Wildman–Crippen LogP) is 2.32. The molecule has 104 valence electrons. The van der Waals surface area contributed by atoms with Crippen molar-refractivity contribution in [3.05, 3.63) is 23.8 Å². The maximum atomic E-state index is 11.6. The van der Waals surface area contributed by atoms with Crippen molar-refractivity contribution in [3.63, 3.8) is 0 Å². The standard InChI is InChI=1S/C15H22N2O2/c1-10-14(18)17-12-8-11(4-5-13(12)19-10)9-15(2,3)6-7-16/h4-5,8,10H,6-7,9,16H2,1-3H3,(H,17,18). The number of ether oxygens (including phenoxy) is 1. The number of fused-ring (bicyclic) bond motifs is 1. The summed E-state index contributed by atoms with van der Waals surface area (Å²) in [6.07, 6.45) is 1.49. The van der Waals surface area contributed by atoms with Gasteiger partial charge in [0, 0.05) is 0 Å². The minimum absolute atomic E-state index is 0.0918. The van der Waals surface area contributed by atoms with Crippen molar-refractivity contribution in [2.24, 2.45) is 11.1 Å². The molecular weight excluding hydrogens is 240 g/mol. The van der Waals surface area contributed by atoms with Crippen LogP contribution in [0.25, 0.3) is 0 Å². The van der Waals surface area contributed by atoms with Crippen LogP contribution in [-0.2, 0) is 11.2 Å². The molecule has 1 aliphatic rings. The minimum atomic E-state index is -0.424. The Balaban J connectivity index is 2.18. The number of benzene rings is 1. The molecule has 1 aromatic rings. The van der Waals surface area contributed by atoms with Crippen LogP contribution in [0, 0.1) is 5.41 Å². The first-order chi connectivity index (χ1) is 8.91. The van der Waals surface area contributed by atoms with Gasteiger partial charge in [0.1, 0.15) is 5.75 Å². The van der Waals surface area contributed by atoms with Crippen LogP contribution in [0.4, 0.5) is 5.69 Å². The largest absolute Gasteiger partial charge is 0.479 e. The van der Waals surface area contributed by atoms with E-state index in [4.69, 9.17) is 10.5 Å². The third kappa shape index (κ3) is 3.26. The van der Waals surface area contributed by atoms with Crippen molar-refractivity contribution in [2.45, 2.75) is 39.7 Å². The summed E-state index contributed by atoms with van der Waals surface area (Å²) in [5, 5.41) is 2.88. The third-order valence-electron chi connectivity index (χ3n) is 3.48. The molecule has 0 saturated carbocycles. The van der Waals surface area contributed by atoms with Gasteiger partial charge in [0.2, 0.25) is 0 Å². The van der Waals surface area contributed by atoms with Crippen molar-refractivity contribution in [1.82, 2.24) is 0 Å². The van der Waals surface area contributed by atoms with E-state index in [1.54, 1.807) is 6.92 Å². The Labute approximate surface area is 114 Å². The lowest BCUT2D eigenvalue weighted by atomic mass is 9.82. The maximum absolute atomic E-state index is 11.6. The molecule has 0 bridgehead atoms. The van der Waals surface area contributed by atoms with Gasteiger partial charge in [-0.3, -0.25) is 4.79 Å². The van der Waals surface area contributed by atoms with E-state index in [2.05, 4.69) is 25.2 Å². The molecule has 1 aliphatic heterocycles. The number of amides is 1. The van der Waals surface area contributed by atoms with Gasteiger partial charge in [0.25, 0.3) is 5.91 Å². The Morgan fingerprint density at radius 2 is 2.16 bits per heavy atom. The molecular formula is C15H22N2O2. The molecule has 0 saturated heterocycles. The molecule has 4 heteroatoms. The highest BCUT2D eigenvalue weighted by atomic mass is 16.5. The average Bonchev–Trinajstić information content (AvgIpc) is 2.30. The molecule has 1 amide bonds. The molecule has 1 atom stereocenters. The van der Waals surface area contributed by atoms with Gasteiger partial charge in [0.15, 0.2) is 6.10 Å². The zero-order chi connectivity index (χ0) is 14.0. The Morgan fingerprint density at radius 3 is 2.84 bits per heavy atom. The first kappa shape index (κ1) is 13.9. The summed E-state index contributed by atoms with van der Waals surface area (Å²) in [5.41, 5.74) is 7.76. The van der Waals surface area contributed by atoms with E-state index in [1.807, 2.05) is 12.1 Å². The Bertz CT molecular complexity index is 483. The molecule has 4 nitrogen and oxygen atoms in total. The SMILES string of the molecule is CC1Oc2ccc(CC(C)(C)CCN)cc2NC1=O. The van der Waals surface area contributed by atoms with Crippen LogP contribution in [0.15, 0.2) is 18.2 Å². The molecule has 0 aromatic heterocycles. The summed E-state index contributed by atoms with van der Waals surface area (Å²) in [6.45, 7) is 6.85. The van der Waals surface area contributed by atoms with Gasteiger partial charge in [-0.25, -0.2) is 0 Å². The number of nitrogens with two attached hydrogens (primary N) is 1. The first-order valence-electron chi connectivity index (χ1n) is 6.72. The second-order valence-corrected chi connectivity index (χ2v) is 5.96. The fourth-order valence-corrected chi connectivity index (χ4v) is 2.40. The molecule has 19 heavy (non-hydrogen) atoms. The van der Waals surface area contributed by atoms with Gasteiger partial charge >= 0.3 is 0 Å². The topological polar surface area (TPSA) is 64.3 Å². The van der Waals surface area contributed by atoms with Gasteiger partial charge in [-0.2, -0.15) is 0 Å².